The number of benzene rings is 2. The lowest BCUT2D eigenvalue weighted by Crippen LogP contribution is -2.49. The van der Waals surface area contributed by atoms with Crippen LogP contribution in [0.3, 0.4) is 0 Å². The number of nitrogens with zero attached hydrogens (tertiary/aromatic N) is 2. The van der Waals surface area contributed by atoms with E-state index in [1.165, 1.54) is 18.2 Å². The molecule has 0 aliphatic carbocycles. The molecule has 1 heterocycles. The molecule has 26 heavy (non-hydrogen) atoms. The van der Waals surface area contributed by atoms with Crippen molar-refractivity contribution in [3.05, 3.63) is 74.3 Å². The van der Waals surface area contributed by atoms with E-state index in [9.17, 15) is 20.2 Å². The van der Waals surface area contributed by atoms with Crippen LogP contribution in [0.2, 0.25) is 0 Å². The average Bonchev–Trinajstić information content (AvgIpc) is 2.61. The first-order chi connectivity index (χ1) is 12.3. The van der Waals surface area contributed by atoms with Gasteiger partial charge in [-0.2, -0.15) is 0 Å². The van der Waals surface area contributed by atoms with Gasteiger partial charge in [0.05, 0.1) is 21.5 Å². The van der Waals surface area contributed by atoms with Crippen molar-refractivity contribution in [3.63, 3.8) is 0 Å². The predicted octanol–water partition coefficient (Wildman–Crippen LogP) is 3.01. The Kier molecular flexibility index (Phi) is 4.75. The van der Waals surface area contributed by atoms with Gasteiger partial charge in [-0.15, -0.1) is 0 Å². The van der Waals surface area contributed by atoms with Crippen LogP contribution in [0.25, 0.3) is 0 Å². The van der Waals surface area contributed by atoms with Gasteiger partial charge in [0, 0.05) is 30.2 Å². The highest BCUT2D eigenvalue weighted by molar-refractivity contribution is 6.61. The maximum Gasteiger partial charge on any atom is 0.494 e. The molecule has 1 fully saturated rings. The highest BCUT2D eigenvalue weighted by atomic mass is 16.6. The van der Waals surface area contributed by atoms with Crippen molar-refractivity contribution in [3.8, 4) is 0 Å². The molecule has 1 unspecified atom stereocenters. The second-order valence-corrected chi connectivity index (χ2v) is 6.81. The summed E-state index contributed by atoms with van der Waals surface area (Å²) in [6, 6.07) is 12.4. The van der Waals surface area contributed by atoms with Crippen LogP contribution in [0.1, 0.15) is 25.5 Å². The molecule has 0 bridgehead atoms. The van der Waals surface area contributed by atoms with Crippen LogP contribution < -0.4 is 5.46 Å². The van der Waals surface area contributed by atoms with Crippen LogP contribution in [-0.2, 0) is 9.31 Å². The van der Waals surface area contributed by atoms with Gasteiger partial charge in [-0.3, -0.25) is 20.2 Å². The Hall–Kier alpha value is -2.78. The minimum absolute atomic E-state index is 0.00470. The summed E-state index contributed by atoms with van der Waals surface area (Å²) in [4.78, 5) is 21.3. The Morgan fingerprint density at radius 2 is 1.69 bits per heavy atom. The topological polar surface area (TPSA) is 105 Å². The van der Waals surface area contributed by atoms with Crippen molar-refractivity contribution in [2.75, 3.05) is 6.61 Å². The summed E-state index contributed by atoms with van der Waals surface area (Å²) in [7, 11) is -0.756. The SMILES string of the molecule is CC1(C)COB(c2ccc([N+](=O)[O-])cc2)OC1c1ccccc1[N+](=O)[O-]. The molecule has 0 radical (unpaired) electrons. The predicted molar refractivity (Wildman–Crippen MR) is 95.1 cm³/mol. The van der Waals surface area contributed by atoms with Gasteiger partial charge in [0.15, 0.2) is 0 Å². The number of nitro benzene ring substituents is 2. The van der Waals surface area contributed by atoms with Crippen molar-refractivity contribution in [2.45, 2.75) is 20.0 Å². The van der Waals surface area contributed by atoms with E-state index < -0.39 is 28.5 Å². The Labute approximate surface area is 150 Å². The summed E-state index contributed by atoms with van der Waals surface area (Å²) in [5.41, 5.74) is 0.589. The molecule has 0 amide bonds. The van der Waals surface area contributed by atoms with Crippen molar-refractivity contribution in [1.82, 2.24) is 0 Å². The molecule has 2 aromatic carbocycles. The summed E-state index contributed by atoms with van der Waals surface area (Å²) < 4.78 is 11.8. The smallest absolute Gasteiger partial charge is 0.407 e. The maximum atomic E-state index is 11.4. The van der Waals surface area contributed by atoms with E-state index in [4.69, 9.17) is 9.31 Å². The molecular weight excluding hydrogens is 339 g/mol. The fourth-order valence-corrected chi connectivity index (χ4v) is 3.01. The van der Waals surface area contributed by atoms with Crippen molar-refractivity contribution >= 4 is 24.0 Å². The number of para-hydroxylation sites is 1. The summed E-state index contributed by atoms with van der Waals surface area (Å²) >= 11 is 0. The largest absolute Gasteiger partial charge is 0.494 e. The number of hydrogen-bond donors (Lipinski definition) is 0. The molecule has 1 aliphatic heterocycles. The average molecular weight is 356 g/mol. The maximum absolute atomic E-state index is 11.4. The van der Waals surface area contributed by atoms with E-state index >= 15 is 0 Å². The molecule has 0 aromatic heterocycles. The highest BCUT2D eigenvalue weighted by Gasteiger charge is 2.44. The first-order valence-electron chi connectivity index (χ1n) is 8.04. The van der Waals surface area contributed by atoms with Gasteiger partial charge in [0.2, 0.25) is 0 Å². The normalized spacial score (nSPS) is 19.2. The van der Waals surface area contributed by atoms with E-state index in [0.29, 0.717) is 17.6 Å². The van der Waals surface area contributed by atoms with Crippen LogP contribution in [0.5, 0.6) is 0 Å². The molecule has 0 saturated carbocycles. The van der Waals surface area contributed by atoms with Gasteiger partial charge >= 0.3 is 7.12 Å². The Morgan fingerprint density at radius 3 is 2.31 bits per heavy atom. The van der Waals surface area contributed by atoms with Gasteiger partial charge in [0.25, 0.3) is 11.4 Å². The Balaban J connectivity index is 1.93. The van der Waals surface area contributed by atoms with Gasteiger partial charge < -0.3 is 9.31 Å². The van der Waals surface area contributed by atoms with Gasteiger partial charge in [-0.25, -0.2) is 0 Å². The summed E-state index contributed by atoms with van der Waals surface area (Å²) in [5.74, 6) is 0. The lowest BCUT2D eigenvalue weighted by Gasteiger charge is -2.41. The Morgan fingerprint density at radius 1 is 1.04 bits per heavy atom. The fraction of sp³-hybridized carbons (Fsp3) is 0.294. The molecule has 134 valence electrons. The number of hydrogen-bond acceptors (Lipinski definition) is 6. The third kappa shape index (κ3) is 3.44. The van der Waals surface area contributed by atoms with E-state index in [1.54, 1.807) is 30.3 Å². The summed E-state index contributed by atoms with van der Waals surface area (Å²) in [6.45, 7) is 4.16. The standard InChI is InChI=1S/C17H17BN2O6/c1-17(2)11-25-18(12-7-9-13(10-8-12)19(21)22)26-16(17)14-5-3-4-6-15(14)20(23)24/h3-10,16H,11H2,1-2H3. The van der Waals surface area contributed by atoms with Crippen LogP contribution in [-0.4, -0.2) is 23.6 Å². The summed E-state index contributed by atoms with van der Waals surface area (Å²) in [6.07, 6.45) is -0.557. The van der Waals surface area contributed by atoms with Gasteiger partial charge in [0.1, 0.15) is 0 Å². The fourth-order valence-electron chi connectivity index (χ4n) is 3.01. The quantitative estimate of drug-likeness (QED) is 0.474. The lowest BCUT2D eigenvalue weighted by atomic mass is 9.72. The van der Waals surface area contributed by atoms with E-state index in [1.807, 2.05) is 13.8 Å². The molecule has 1 aliphatic rings. The van der Waals surface area contributed by atoms with Crippen LogP contribution in [0.15, 0.2) is 48.5 Å². The van der Waals surface area contributed by atoms with Crippen LogP contribution in [0, 0.1) is 25.6 Å². The summed E-state index contributed by atoms with van der Waals surface area (Å²) in [5, 5.41) is 22.2. The lowest BCUT2D eigenvalue weighted by molar-refractivity contribution is -0.386. The molecule has 3 rings (SSSR count). The first kappa shape index (κ1) is 18.0. The van der Waals surface area contributed by atoms with E-state index in [0.717, 1.165) is 0 Å². The molecule has 1 atom stereocenters. The molecular formula is C17H17BN2O6. The van der Waals surface area contributed by atoms with Crippen molar-refractivity contribution in [2.24, 2.45) is 5.41 Å². The Bertz CT molecular complexity index is 839. The zero-order chi connectivity index (χ0) is 18.9. The second kappa shape index (κ2) is 6.85. The first-order valence-corrected chi connectivity index (χ1v) is 8.04. The molecule has 8 nitrogen and oxygen atoms in total. The van der Waals surface area contributed by atoms with Gasteiger partial charge in [-0.1, -0.05) is 38.1 Å². The third-order valence-electron chi connectivity index (χ3n) is 4.37. The zero-order valence-corrected chi connectivity index (χ0v) is 14.3. The number of rotatable bonds is 4. The molecule has 9 heteroatoms. The number of non-ortho nitro benzene ring substituents is 1. The van der Waals surface area contributed by atoms with Gasteiger partial charge in [-0.05, 0) is 11.5 Å². The molecule has 0 spiro atoms. The van der Waals surface area contributed by atoms with Crippen LogP contribution in [0.4, 0.5) is 11.4 Å². The number of nitro groups is 2. The van der Waals surface area contributed by atoms with Crippen LogP contribution >= 0.6 is 0 Å². The van der Waals surface area contributed by atoms with Crippen molar-refractivity contribution in [1.29, 1.82) is 0 Å². The monoisotopic (exact) mass is 356 g/mol. The zero-order valence-electron chi connectivity index (χ0n) is 14.3. The highest BCUT2D eigenvalue weighted by Crippen LogP contribution is 2.43. The second-order valence-electron chi connectivity index (χ2n) is 6.81. The van der Waals surface area contributed by atoms with E-state index in [-0.39, 0.29) is 11.4 Å². The minimum Gasteiger partial charge on any atom is -0.407 e. The minimum atomic E-state index is -0.756. The molecule has 0 N–H and O–H groups in total. The van der Waals surface area contributed by atoms with Crippen molar-refractivity contribution < 1.29 is 19.2 Å². The molecule has 2 aromatic rings. The third-order valence-corrected chi connectivity index (χ3v) is 4.37. The molecule has 1 saturated heterocycles. The van der Waals surface area contributed by atoms with E-state index in [2.05, 4.69) is 0 Å².